The van der Waals surface area contributed by atoms with Gasteiger partial charge in [0.25, 0.3) is 0 Å². The van der Waals surface area contributed by atoms with Gasteiger partial charge in [-0.2, -0.15) is 0 Å². The Morgan fingerprint density at radius 2 is 2.55 bits per heavy atom. The first kappa shape index (κ1) is 8.96. The summed E-state index contributed by atoms with van der Waals surface area (Å²) in [7, 11) is 1.96. The van der Waals surface area contributed by atoms with Gasteiger partial charge in [0.15, 0.2) is 9.12 Å². The summed E-state index contributed by atoms with van der Waals surface area (Å²) in [5.74, 6) is 0. The lowest BCUT2D eigenvalue weighted by Gasteiger charge is -1.89. The number of aryl methyl sites for hydroxylation is 1. The van der Waals surface area contributed by atoms with Gasteiger partial charge in [-0.15, -0.1) is 11.3 Å². The van der Waals surface area contributed by atoms with E-state index in [4.69, 9.17) is 12.2 Å². The second-order valence-corrected chi connectivity index (χ2v) is 4.19. The van der Waals surface area contributed by atoms with Gasteiger partial charge in [0.1, 0.15) is 0 Å². The van der Waals surface area contributed by atoms with E-state index in [0.29, 0.717) is 4.32 Å². The topological polar surface area (TPSA) is 17.3 Å². The van der Waals surface area contributed by atoms with Crippen molar-refractivity contribution in [2.45, 2.75) is 0 Å². The molecule has 60 valence electrons. The third-order valence-corrected chi connectivity index (χ3v) is 3.00. The monoisotopic (exact) mass is 204 g/mol. The number of rotatable bonds is 0. The van der Waals surface area contributed by atoms with Gasteiger partial charge in [0, 0.05) is 18.6 Å². The highest BCUT2D eigenvalue weighted by Crippen LogP contribution is 1.98. The van der Waals surface area contributed by atoms with E-state index in [0.717, 1.165) is 4.80 Å². The molecule has 0 radical (unpaired) electrons. The van der Waals surface area contributed by atoms with E-state index in [1.807, 2.05) is 29.4 Å². The summed E-state index contributed by atoms with van der Waals surface area (Å²) in [6, 6.07) is 0. The van der Waals surface area contributed by atoms with E-state index in [-0.39, 0.29) is 0 Å². The average Bonchev–Trinajstić information content (AvgIpc) is 2.37. The van der Waals surface area contributed by atoms with Crippen LogP contribution in [0.3, 0.4) is 0 Å². The molecule has 0 amide bonds. The summed E-state index contributed by atoms with van der Waals surface area (Å²) < 4.78 is 2.63. The first-order valence-corrected chi connectivity index (χ1v) is 5.48. The van der Waals surface area contributed by atoms with Crippen LogP contribution in [-0.4, -0.2) is 15.1 Å². The lowest BCUT2D eigenvalue weighted by molar-refractivity contribution is 0.879. The lowest BCUT2D eigenvalue weighted by atomic mass is 10.9. The van der Waals surface area contributed by atoms with Crippen molar-refractivity contribution in [3.63, 3.8) is 0 Å². The summed E-state index contributed by atoms with van der Waals surface area (Å²) in [6.45, 7) is 0. The molecule has 0 aromatic carbocycles. The normalized spacial score (nSPS) is 12.0. The second-order valence-electron chi connectivity index (χ2n) is 1.88. The van der Waals surface area contributed by atoms with E-state index < -0.39 is 0 Å². The maximum absolute atomic E-state index is 4.95. The minimum Gasteiger partial charge on any atom is -0.327 e. The summed E-state index contributed by atoms with van der Waals surface area (Å²) in [5, 5.41) is 1.99. The van der Waals surface area contributed by atoms with Crippen molar-refractivity contribution in [3.05, 3.63) is 16.4 Å². The maximum Gasteiger partial charge on any atom is 0.190 e. The first-order chi connectivity index (χ1) is 5.24. The van der Waals surface area contributed by atoms with Crippen LogP contribution in [0.5, 0.6) is 0 Å². The van der Waals surface area contributed by atoms with Crippen molar-refractivity contribution in [2.75, 3.05) is 6.26 Å². The molecular formula is C6H8N2S3. The Hall–Kier alpha value is -0.130. The van der Waals surface area contributed by atoms with Crippen LogP contribution in [0.2, 0.25) is 0 Å². The molecule has 0 saturated carbocycles. The molecule has 0 bridgehead atoms. The van der Waals surface area contributed by atoms with Gasteiger partial charge in [0.2, 0.25) is 0 Å². The minimum absolute atomic E-state index is 0.683. The standard InChI is InChI=1S/C6H8N2S3/c1-8-3-4-11-5(8)7-6(9)10-2/h3-4H,1-2H3/b7-5-. The van der Waals surface area contributed by atoms with Crippen molar-refractivity contribution in [1.82, 2.24) is 4.57 Å². The second kappa shape index (κ2) is 4.04. The third-order valence-electron chi connectivity index (χ3n) is 1.12. The molecule has 0 saturated heterocycles. The summed E-state index contributed by atoms with van der Waals surface area (Å²) in [4.78, 5) is 5.16. The molecule has 0 aliphatic heterocycles. The number of hydrogen-bond donors (Lipinski definition) is 0. The Balaban J connectivity index is 3.00. The van der Waals surface area contributed by atoms with Crippen molar-refractivity contribution < 1.29 is 0 Å². The first-order valence-electron chi connectivity index (χ1n) is 2.97. The summed E-state index contributed by atoms with van der Waals surface area (Å²) in [6.07, 6.45) is 3.89. The van der Waals surface area contributed by atoms with Crippen LogP contribution in [0, 0.1) is 0 Å². The Bertz CT molecular complexity index is 310. The molecule has 1 aromatic rings. The molecule has 11 heavy (non-hydrogen) atoms. The van der Waals surface area contributed by atoms with Gasteiger partial charge in [-0.25, -0.2) is 4.99 Å². The minimum atomic E-state index is 0.683. The van der Waals surface area contributed by atoms with Gasteiger partial charge in [0.05, 0.1) is 0 Å². The Labute approximate surface area is 79.0 Å². The molecule has 0 aliphatic carbocycles. The van der Waals surface area contributed by atoms with E-state index in [2.05, 4.69) is 4.99 Å². The molecule has 1 rings (SSSR count). The fourth-order valence-corrected chi connectivity index (χ4v) is 1.67. The fraction of sp³-hybridized carbons (Fsp3) is 0.333. The van der Waals surface area contributed by atoms with Gasteiger partial charge in [-0.1, -0.05) is 24.0 Å². The van der Waals surface area contributed by atoms with Crippen LogP contribution >= 0.6 is 35.3 Å². The van der Waals surface area contributed by atoms with E-state index in [1.54, 1.807) is 11.3 Å². The molecule has 0 aliphatic rings. The molecule has 1 aromatic heterocycles. The van der Waals surface area contributed by atoms with E-state index in [1.165, 1.54) is 11.8 Å². The predicted octanol–water partition coefficient (Wildman–Crippen LogP) is 1.64. The largest absolute Gasteiger partial charge is 0.327 e. The molecule has 0 unspecified atom stereocenters. The number of thioether (sulfide) groups is 1. The molecular weight excluding hydrogens is 196 g/mol. The van der Waals surface area contributed by atoms with Crippen LogP contribution < -0.4 is 4.80 Å². The predicted molar refractivity (Wildman–Crippen MR) is 55.0 cm³/mol. The van der Waals surface area contributed by atoms with Gasteiger partial charge in [-0.3, -0.25) is 0 Å². The van der Waals surface area contributed by atoms with Gasteiger partial charge < -0.3 is 4.57 Å². The highest BCUT2D eigenvalue weighted by atomic mass is 32.2. The number of aromatic nitrogens is 1. The Morgan fingerprint density at radius 1 is 1.82 bits per heavy atom. The molecule has 0 fully saturated rings. The van der Waals surface area contributed by atoms with Crippen molar-refractivity contribution >= 4 is 39.6 Å². The summed E-state index contributed by atoms with van der Waals surface area (Å²) >= 11 is 8.03. The van der Waals surface area contributed by atoms with Gasteiger partial charge in [-0.05, 0) is 6.26 Å². The van der Waals surface area contributed by atoms with Crippen LogP contribution in [0.15, 0.2) is 16.6 Å². The average molecular weight is 204 g/mol. The molecule has 2 nitrogen and oxygen atoms in total. The molecule has 0 spiro atoms. The number of nitrogens with zero attached hydrogens (tertiary/aromatic N) is 2. The summed E-state index contributed by atoms with van der Waals surface area (Å²) in [5.41, 5.74) is 0. The number of thiocarbonyl (C=S) groups is 1. The fourth-order valence-electron chi connectivity index (χ4n) is 0.558. The van der Waals surface area contributed by atoms with Crippen LogP contribution in [0.1, 0.15) is 0 Å². The highest BCUT2D eigenvalue weighted by Gasteiger charge is 1.90. The number of thiazole rings is 1. The van der Waals surface area contributed by atoms with Gasteiger partial charge >= 0.3 is 0 Å². The SMILES string of the molecule is CSC(=S)/N=c1\sccn1C. The lowest BCUT2D eigenvalue weighted by Crippen LogP contribution is -2.10. The van der Waals surface area contributed by atoms with E-state index >= 15 is 0 Å². The quantitative estimate of drug-likeness (QED) is 0.598. The van der Waals surface area contributed by atoms with Crippen molar-refractivity contribution in [1.29, 1.82) is 0 Å². The zero-order valence-electron chi connectivity index (χ0n) is 6.27. The van der Waals surface area contributed by atoms with E-state index in [9.17, 15) is 0 Å². The number of hydrogen-bond acceptors (Lipinski definition) is 3. The zero-order chi connectivity index (χ0) is 8.27. The third kappa shape index (κ3) is 2.43. The highest BCUT2D eigenvalue weighted by molar-refractivity contribution is 8.22. The van der Waals surface area contributed by atoms with Crippen LogP contribution in [0.25, 0.3) is 0 Å². The van der Waals surface area contributed by atoms with Crippen molar-refractivity contribution in [3.8, 4) is 0 Å². The maximum atomic E-state index is 4.95. The Morgan fingerprint density at radius 3 is 3.00 bits per heavy atom. The smallest absolute Gasteiger partial charge is 0.190 e. The molecule has 1 heterocycles. The molecule has 5 heteroatoms. The van der Waals surface area contributed by atoms with Crippen LogP contribution in [0.4, 0.5) is 0 Å². The van der Waals surface area contributed by atoms with Crippen molar-refractivity contribution in [2.24, 2.45) is 12.0 Å². The zero-order valence-corrected chi connectivity index (χ0v) is 8.72. The molecule has 0 atom stereocenters. The van der Waals surface area contributed by atoms with Crippen LogP contribution in [-0.2, 0) is 7.05 Å². The Kier molecular flexibility index (Phi) is 3.29. The molecule has 0 N–H and O–H groups in total.